The molecular weight excluding hydrogens is 243 g/mol. The number of hydrogen-bond donors (Lipinski definition) is 0. The molecule has 18 heavy (non-hydrogen) atoms. The molecule has 1 heterocycles. The van der Waals surface area contributed by atoms with Gasteiger partial charge in [0, 0.05) is 19.3 Å². The fourth-order valence-electron chi connectivity index (χ4n) is 2.36. The summed E-state index contributed by atoms with van der Waals surface area (Å²) in [6.07, 6.45) is 1.79. The predicted octanol–water partition coefficient (Wildman–Crippen LogP) is 3.62. The summed E-state index contributed by atoms with van der Waals surface area (Å²) >= 11 is 0. The van der Waals surface area contributed by atoms with E-state index < -0.39 is 11.7 Å². The van der Waals surface area contributed by atoms with E-state index in [1.807, 2.05) is 0 Å². The predicted molar refractivity (Wildman–Crippen MR) is 60.0 cm³/mol. The maximum atomic E-state index is 13.2. The summed E-state index contributed by atoms with van der Waals surface area (Å²) in [4.78, 5) is 15.5. The van der Waals surface area contributed by atoms with Crippen LogP contribution in [0.15, 0.2) is 18.3 Å². The zero-order chi connectivity index (χ0) is 13.2. The highest BCUT2D eigenvalue weighted by molar-refractivity contribution is 5.94. The first-order valence-electron chi connectivity index (χ1n) is 5.99. The van der Waals surface area contributed by atoms with Gasteiger partial charge in [-0.3, -0.25) is 9.78 Å². The van der Waals surface area contributed by atoms with Gasteiger partial charge in [0.25, 0.3) is 0 Å². The van der Waals surface area contributed by atoms with Gasteiger partial charge in [-0.25, -0.2) is 13.2 Å². The van der Waals surface area contributed by atoms with E-state index in [9.17, 15) is 18.0 Å². The quantitative estimate of drug-likeness (QED) is 0.774. The summed E-state index contributed by atoms with van der Waals surface area (Å²) in [5, 5.41) is 0. The SMILES string of the molecule is O=C(CC1CCCC(F)(F)C1)c1ccc(F)cn1. The Balaban J connectivity index is 1.97. The fourth-order valence-corrected chi connectivity index (χ4v) is 2.36. The van der Waals surface area contributed by atoms with Crippen LogP contribution in [-0.2, 0) is 0 Å². The number of carbonyl (C=O) groups is 1. The van der Waals surface area contributed by atoms with Crippen LogP contribution < -0.4 is 0 Å². The molecule has 0 amide bonds. The Bertz CT molecular complexity index is 430. The maximum absolute atomic E-state index is 13.2. The van der Waals surface area contributed by atoms with Crippen LogP contribution in [0.3, 0.4) is 0 Å². The molecule has 0 N–H and O–H groups in total. The fraction of sp³-hybridized carbons (Fsp3) is 0.538. The van der Waals surface area contributed by atoms with Crippen molar-refractivity contribution in [2.75, 3.05) is 0 Å². The molecule has 2 rings (SSSR count). The molecule has 1 aromatic heterocycles. The minimum Gasteiger partial charge on any atom is -0.292 e. The number of halogens is 3. The van der Waals surface area contributed by atoms with Crippen molar-refractivity contribution in [3.63, 3.8) is 0 Å². The molecule has 2 nitrogen and oxygen atoms in total. The lowest BCUT2D eigenvalue weighted by Gasteiger charge is -2.28. The summed E-state index contributed by atoms with van der Waals surface area (Å²) in [5.74, 6) is -3.76. The molecule has 1 aromatic rings. The molecule has 98 valence electrons. The number of carbonyl (C=O) groups excluding carboxylic acids is 1. The molecule has 0 saturated heterocycles. The normalized spacial score (nSPS) is 22.7. The van der Waals surface area contributed by atoms with E-state index in [-0.39, 0.29) is 36.7 Å². The standard InChI is InChI=1S/C13H14F3NO/c14-10-3-4-11(17-8-10)12(18)6-9-2-1-5-13(15,16)7-9/h3-4,8-9H,1-2,5-7H2. The van der Waals surface area contributed by atoms with Crippen LogP contribution in [-0.4, -0.2) is 16.7 Å². The first-order chi connectivity index (χ1) is 8.46. The van der Waals surface area contributed by atoms with E-state index in [2.05, 4.69) is 4.98 Å². The summed E-state index contributed by atoms with van der Waals surface area (Å²) in [6.45, 7) is 0. The van der Waals surface area contributed by atoms with Gasteiger partial charge in [-0.15, -0.1) is 0 Å². The van der Waals surface area contributed by atoms with Gasteiger partial charge in [-0.1, -0.05) is 0 Å². The number of aromatic nitrogens is 1. The maximum Gasteiger partial charge on any atom is 0.248 e. The minimum atomic E-state index is -2.65. The summed E-state index contributed by atoms with van der Waals surface area (Å²) in [6, 6.07) is 2.44. The van der Waals surface area contributed by atoms with E-state index in [0.717, 1.165) is 12.3 Å². The Morgan fingerprint density at radius 2 is 2.22 bits per heavy atom. The van der Waals surface area contributed by atoms with Gasteiger partial charge in [-0.2, -0.15) is 0 Å². The first-order valence-corrected chi connectivity index (χ1v) is 5.99. The van der Waals surface area contributed by atoms with Crippen LogP contribution in [0.5, 0.6) is 0 Å². The highest BCUT2D eigenvalue weighted by atomic mass is 19.3. The van der Waals surface area contributed by atoms with Crippen molar-refractivity contribution in [2.45, 2.75) is 38.0 Å². The number of pyridine rings is 1. The lowest BCUT2D eigenvalue weighted by atomic mass is 9.83. The average molecular weight is 257 g/mol. The molecule has 5 heteroatoms. The van der Waals surface area contributed by atoms with Gasteiger partial charge < -0.3 is 0 Å². The third-order valence-electron chi connectivity index (χ3n) is 3.23. The van der Waals surface area contributed by atoms with Gasteiger partial charge in [0.15, 0.2) is 5.78 Å². The molecule has 1 unspecified atom stereocenters. The second kappa shape index (κ2) is 5.08. The van der Waals surface area contributed by atoms with Crippen LogP contribution >= 0.6 is 0 Å². The summed E-state index contributed by atoms with van der Waals surface area (Å²) in [5.41, 5.74) is 0.144. The van der Waals surface area contributed by atoms with Crippen LogP contribution in [0.25, 0.3) is 0 Å². The summed E-state index contributed by atoms with van der Waals surface area (Å²) < 4.78 is 39.0. The Morgan fingerprint density at radius 3 is 2.83 bits per heavy atom. The molecule has 1 aliphatic carbocycles. The molecule has 0 aromatic carbocycles. The number of rotatable bonds is 3. The van der Waals surface area contributed by atoms with Gasteiger partial charge in [0.2, 0.25) is 5.92 Å². The van der Waals surface area contributed by atoms with Crippen LogP contribution in [0.4, 0.5) is 13.2 Å². The lowest BCUT2D eigenvalue weighted by molar-refractivity contribution is -0.0521. The van der Waals surface area contributed by atoms with E-state index in [1.54, 1.807) is 0 Å². The highest BCUT2D eigenvalue weighted by Crippen LogP contribution is 2.38. The Kier molecular flexibility index (Phi) is 3.68. The molecule has 1 aliphatic rings. The van der Waals surface area contributed by atoms with Gasteiger partial charge in [-0.05, 0) is 30.9 Å². The topological polar surface area (TPSA) is 30.0 Å². The van der Waals surface area contributed by atoms with Crippen molar-refractivity contribution in [1.29, 1.82) is 0 Å². The van der Waals surface area contributed by atoms with Crippen molar-refractivity contribution in [1.82, 2.24) is 4.98 Å². The zero-order valence-electron chi connectivity index (χ0n) is 9.83. The van der Waals surface area contributed by atoms with E-state index in [4.69, 9.17) is 0 Å². The van der Waals surface area contributed by atoms with Crippen molar-refractivity contribution >= 4 is 5.78 Å². The van der Waals surface area contributed by atoms with E-state index in [0.29, 0.717) is 12.8 Å². The smallest absolute Gasteiger partial charge is 0.248 e. The van der Waals surface area contributed by atoms with Gasteiger partial charge in [0.1, 0.15) is 11.5 Å². The number of nitrogens with zero attached hydrogens (tertiary/aromatic N) is 1. The summed E-state index contributed by atoms with van der Waals surface area (Å²) in [7, 11) is 0. The Morgan fingerprint density at radius 1 is 1.44 bits per heavy atom. The molecule has 1 saturated carbocycles. The lowest BCUT2D eigenvalue weighted by Crippen LogP contribution is -2.27. The second-order valence-electron chi connectivity index (χ2n) is 4.81. The molecule has 1 fully saturated rings. The number of Topliss-reactive ketones (excluding diaryl/α,β-unsaturated/α-hetero) is 1. The van der Waals surface area contributed by atoms with Crippen molar-refractivity contribution < 1.29 is 18.0 Å². The van der Waals surface area contributed by atoms with Gasteiger partial charge in [0.05, 0.1) is 6.20 Å². The van der Waals surface area contributed by atoms with Crippen LogP contribution in [0, 0.1) is 11.7 Å². The molecule has 0 spiro atoms. The largest absolute Gasteiger partial charge is 0.292 e. The molecular formula is C13H14F3NO. The molecule has 0 bridgehead atoms. The number of alkyl halides is 2. The first kappa shape index (κ1) is 13.1. The third-order valence-corrected chi connectivity index (χ3v) is 3.23. The van der Waals surface area contributed by atoms with Crippen molar-refractivity contribution in [3.05, 3.63) is 29.8 Å². The van der Waals surface area contributed by atoms with Crippen molar-refractivity contribution in [2.24, 2.45) is 5.92 Å². The monoisotopic (exact) mass is 257 g/mol. The molecule has 0 radical (unpaired) electrons. The average Bonchev–Trinajstić information content (AvgIpc) is 2.28. The molecule has 0 aliphatic heterocycles. The highest BCUT2D eigenvalue weighted by Gasteiger charge is 2.36. The second-order valence-corrected chi connectivity index (χ2v) is 4.81. The Labute approximate surface area is 103 Å². The third kappa shape index (κ3) is 3.31. The van der Waals surface area contributed by atoms with Crippen LogP contribution in [0.2, 0.25) is 0 Å². The molecule has 1 atom stereocenters. The van der Waals surface area contributed by atoms with Crippen LogP contribution in [0.1, 0.15) is 42.6 Å². The van der Waals surface area contributed by atoms with Gasteiger partial charge >= 0.3 is 0 Å². The number of ketones is 1. The minimum absolute atomic E-state index is 0.0637. The Hall–Kier alpha value is -1.39. The zero-order valence-corrected chi connectivity index (χ0v) is 9.83. The number of hydrogen-bond acceptors (Lipinski definition) is 2. The van der Waals surface area contributed by atoms with Crippen molar-refractivity contribution in [3.8, 4) is 0 Å². The van der Waals surface area contributed by atoms with E-state index >= 15 is 0 Å². The van der Waals surface area contributed by atoms with E-state index in [1.165, 1.54) is 6.07 Å².